The van der Waals surface area contributed by atoms with Gasteiger partial charge in [0.2, 0.25) is 0 Å². The number of alkyl halides is 2. The zero-order valence-corrected chi connectivity index (χ0v) is 7.50. The van der Waals surface area contributed by atoms with E-state index in [-0.39, 0.29) is 5.69 Å². The molecule has 12 heavy (non-hydrogen) atoms. The minimum absolute atomic E-state index is 0.0284. The zero-order chi connectivity index (χ0) is 9.14. The van der Waals surface area contributed by atoms with Gasteiger partial charge in [0.25, 0.3) is 6.43 Å². The van der Waals surface area contributed by atoms with Crippen LogP contribution < -0.4 is 0 Å². The van der Waals surface area contributed by atoms with Crippen LogP contribution in [0, 0.1) is 0 Å². The summed E-state index contributed by atoms with van der Waals surface area (Å²) in [4.78, 5) is 3.60. The number of aliphatic hydroxyl groups is 1. The predicted molar refractivity (Wildman–Crippen MR) is 42.9 cm³/mol. The van der Waals surface area contributed by atoms with Crippen LogP contribution in [0.1, 0.15) is 11.8 Å². The minimum Gasteiger partial charge on any atom is -0.381 e. The molecule has 0 aliphatic rings. The third-order valence-corrected chi connectivity index (χ3v) is 1.78. The number of nitrogens with zero attached hydrogens (tertiary/aromatic N) is 1. The Morgan fingerprint density at radius 2 is 2.17 bits per heavy atom. The Labute approximate surface area is 76.4 Å². The summed E-state index contributed by atoms with van der Waals surface area (Å²) in [5, 5.41) is 8.89. The Morgan fingerprint density at radius 3 is 2.67 bits per heavy atom. The molecule has 0 fully saturated rings. The maximum atomic E-state index is 11.9. The van der Waals surface area contributed by atoms with E-state index in [0.717, 1.165) is 0 Å². The van der Waals surface area contributed by atoms with Crippen molar-refractivity contribution in [3.05, 3.63) is 28.5 Å². The van der Waals surface area contributed by atoms with Crippen molar-refractivity contribution >= 4 is 15.9 Å². The average Bonchev–Trinajstić information content (AvgIpc) is 2.03. The Balaban J connectivity index is 2.88. The number of hydrogen-bond acceptors (Lipinski definition) is 2. The Bertz CT molecular complexity index is 269. The molecule has 1 aromatic rings. The molecule has 1 heterocycles. The van der Waals surface area contributed by atoms with Crippen molar-refractivity contribution in [2.75, 3.05) is 0 Å². The van der Waals surface area contributed by atoms with Gasteiger partial charge in [0, 0.05) is 10.7 Å². The second-order valence-corrected chi connectivity index (χ2v) is 3.09. The van der Waals surface area contributed by atoms with E-state index in [2.05, 4.69) is 20.9 Å². The predicted octanol–water partition coefficient (Wildman–Crippen LogP) is 2.14. The molecule has 2 nitrogen and oxygen atoms in total. The molecule has 0 aromatic carbocycles. The molecular formula is C7H6BrF2NO. The fourth-order valence-corrected chi connectivity index (χ4v) is 1.06. The van der Waals surface area contributed by atoms with Gasteiger partial charge >= 0.3 is 0 Å². The molecule has 1 atom stereocenters. The van der Waals surface area contributed by atoms with Gasteiger partial charge in [-0.25, -0.2) is 8.78 Å². The highest BCUT2D eigenvalue weighted by Crippen LogP contribution is 2.20. The third-order valence-electron chi connectivity index (χ3n) is 1.28. The molecular weight excluding hydrogens is 232 g/mol. The van der Waals surface area contributed by atoms with E-state index in [9.17, 15) is 8.78 Å². The van der Waals surface area contributed by atoms with Crippen LogP contribution in [0.15, 0.2) is 22.8 Å². The highest BCUT2D eigenvalue weighted by molar-refractivity contribution is 9.10. The van der Waals surface area contributed by atoms with Crippen molar-refractivity contribution in [3.63, 3.8) is 0 Å². The van der Waals surface area contributed by atoms with Crippen LogP contribution in [-0.2, 0) is 0 Å². The van der Waals surface area contributed by atoms with E-state index < -0.39 is 12.5 Å². The second-order valence-electron chi connectivity index (χ2n) is 2.18. The first kappa shape index (κ1) is 9.54. The molecule has 0 saturated carbocycles. The Kier molecular flexibility index (Phi) is 3.11. The topological polar surface area (TPSA) is 33.1 Å². The van der Waals surface area contributed by atoms with Crippen LogP contribution in [0.4, 0.5) is 8.78 Å². The lowest BCUT2D eigenvalue weighted by molar-refractivity contribution is -0.00823. The van der Waals surface area contributed by atoms with E-state index in [1.165, 1.54) is 12.3 Å². The number of hydrogen-bond donors (Lipinski definition) is 1. The summed E-state index contributed by atoms with van der Waals surface area (Å²) in [5.41, 5.74) is -0.0284. The van der Waals surface area contributed by atoms with Gasteiger partial charge < -0.3 is 5.11 Å². The monoisotopic (exact) mass is 237 g/mol. The SMILES string of the molecule is O[C@@H](c1cc(Br)ccn1)C(F)F. The molecule has 0 unspecified atom stereocenters. The van der Waals surface area contributed by atoms with Crippen LogP contribution in [0.2, 0.25) is 0 Å². The molecule has 5 heteroatoms. The van der Waals surface area contributed by atoms with E-state index in [1.807, 2.05) is 0 Å². The first-order valence-electron chi connectivity index (χ1n) is 3.19. The van der Waals surface area contributed by atoms with E-state index in [4.69, 9.17) is 5.11 Å². The molecule has 0 radical (unpaired) electrons. The molecule has 0 amide bonds. The molecule has 0 aliphatic heterocycles. The zero-order valence-electron chi connectivity index (χ0n) is 5.92. The second kappa shape index (κ2) is 3.91. The van der Waals surface area contributed by atoms with Gasteiger partial charge in [0.05, 0.1) is 5.69 Å². The van der Waals surface area contributed by atoms with Crippen LogP contribution in [-0.4, -0.2) is 16.5 Å². The first-order valence-corrected chi connectivity index (χ1v) is 3.98. The maximum Gasteiger partial charge on any atom is 0.269 e. The lowest BCUT2D eigenvalue weighted by atomic mass is 10.2. The lowest BCUT2D eigenvalue weighted by Crippen LogP contribution is -2.09. The van der Waals surface area contributed by atoms with Gasteiger partial charge in [-0.3, -0.25) is 4.98 Å². The standard InChI is InChI=1S/C7H6BrF2NO/c8-4-1-2-11-5(3-4)6(12)7(9)10/h1-3,6-7,12H/t6-/m0/s1. The fraction of sp³-hybridized carbons (Fsp3) is 0.286. The largest absolute Gasteiger partial charge is 0.381 e. The summed E-state index contributed by atoms with van der Waals surface area (Å²) in [6.45, 7) is 0. The van der Waals surface area contributed by atoms with Gasteiger partial charge in [0.1, 0.15) is 0 Å². The normalized spacial score (nSPS) is 13.4. The molecule has 0 saturated heterocycles. The number of aliphatic hydroxyl groups excluding tert-OH is 1. The van der Waals surface area contributed by atoms with Crippen molar-refractivity contribution in [2.24, 2.45) is 0 Å². The Hall–Kier alpha value is -0.550. The highest BCUT2D eigenvalue weighted by atomic mass is 79.9. The summed E-state index contributed by atoms with van der Waals surface area (Å²) in [6, 6.07) is 2.96. The summed E-state index contributed by atoms with van der Waals surface area (Å²) in [7, 11) is 0. The van der Waals surface area contributed by atoms with E-state index >= 15 is 0 Å². The van der Waals surface area contributed by atoms with Crippen molar-refractivity contribution in [3.8, 4) is 0 Å². The van der Waals surface area contributed by atoms with E-state index in [1.54, 1.807) is 6.07 Å². The highest BCUT2D eigenvalue weighted by Gasteiger charge is 2.20. The van der Waals surface area contributed by atoms with E-state index in [0.29, 0.717) is 4.47 Å². The molecule has 0 aliphatic carbocycles. The summed E-state index contributed by atoms with van der Waals surface area (Å²) < 4.78 is 24.5. The first-order chi connectivity index (χ1) is 5.61. The van der Waals surface area contributed by atoms with Gasteiger partial charge in [-0.2, -0.15) is 0 Å². The summed E-state index contributed by atoms with van der Waals surface area (Å²) in [6.07, 6.45) is -3.25. The minimum atomic E-state index is -2.80. The summed E-state index contributed by atoms with van der Waals surface area (Å²) >= 11 is 3.08. The molecule has 1 N–H and O–H groups in total. The number of pyridine rings is 1. The average molecular weight is 238 g/mol. The molecule has 1 aromatic heterocycles. The van der Waals surface area contributed by atoms with Gasteiger partial charge in [-0.15, -0.1) is 0 Å². The van der Waals surface area contributed by atoms with Gasteiger partial charge in [-0.1, -0.05) is 15.9 Å². The van der Waals surface area contributed by atoms with Crippen molar-refractivity contribution < 1.29 is 13.9 Å². The molecule has 1 rings (SSSR count). The maximum absolute atomic E-state index is 11.9. The number of halogens is 3. The Morgan fingerprint density at radius 1 is 1.50 bits per heavy atom. The third kappa shape index (κ3) is 2.22. The van der Waals surface area contributed by atoms with Crippen molar-refractivity contribution in [2.45, 2.75) is 12.5 Å². The van der Waals surface area contributed by atoms with Crippen LogP contribution in [0.5, 0.6) is 0 Å². The lowest BCUT2D eigenvalue weighted by Gasteiger charge is -2.07. The summed E-state index contributed by atoms with van der Waals surface area (Å²) in [5.74, 6) is 0. The quantitative estimate of drug-likeness (QED) is 0.856. The number of aromatic nitrogens is 1. The van der Waals surface area contributed by atoms with Crippen LogP contribution in [0.3, 0.4) is 0 Å². The van der Waals surface area contributed by atoms with Crippen molar-refractivity contribution in [1.29, 1.82) is 0 Å². The molecule has 66 valence electrons. The smallest absolute Gasteiger partial charge is 0.269 e. The molecule has 0 bridgehead atoms. The van der Waals surface area contributed by atoms with Crippen LogP contribution in [0.25, 0.3) is 0 Å². The molecule has 0 spiro atoms. The van der Waals surface area contributed by atoms with Crippen LogP contribution >= 0.6 is 15.9 Å². The van der Waals surface area contributed by atoms with Crippen molar-refractivity contribution in [1.82, 2.24) is 4.98 Å². The number of rotatable bonds is 2. The van der Waals surface area contributed by atoms with Gasteiger partial charge in [-0.05, 0) is 12.1 Å². The van der Waals surface area contributed by atoms with Gasteiger partial charge in [0.15, 0.2) is 6.10 Å². The fourth-order valence-electron chi connectivity index (χ4n) is 0.712.